The Labute approximate surface area is 134 Å². The van der Waals surface area contributed by atoms with Crippen LogP contribution < -0.4 is 11.3 Å². The number of aromatic nitrogens is 2. The molecular weight excluding hydrogens is 286 g/mol. The molecule has 3 N–H and O–H groups in total. The maximum absolute atomic E-state index is 12.5. The first-order valence-electron chi connectivity index (χ1n) is 7.72. The van der Waals surface area contributed by atoms with Crippen LogP contribution in [0.2, 0.25) is 0 Å². The normalized spacial score (nSPS) is 19.5. The molecule has 0 saturated carbocycles. The van der Waals surface area contributed by atoms with Gasteiger partial charge >= 0.3 is 0 Å². The number of nitrogen functional groups attached to an aromatic ring is 1. The fourth-order valence-corrected chi connectivity index (χ4v) is 3.62. The molecule has 0 spiro atoms. The third-order valence-electron chi connectivity index (χ3n) is 4.57. The van der Waals surface area contributed by atoms with Crippen molar-refractivity contribution in [2.75, 3.05) is 5.73 Å². The number of nitrogens with zero attached hydrogens (tertiary/aromatic N) is 1. The minimum atomic E-state index is -0.125. The van der Waals surface area contributed by atoms with Crippen LogP contribution in [0.15, 0.2) is 65.5 Å². The van der Waals surface area contributed by atoms with E-state index in [2.05, 4.69) is 34.2 Å². The number of aromatic amines is 1. The first-order chi connectivity index (χ1) is 11.2. The van der Waals surface area contributed by atoms with Crippen LogP contribution in [0.5, 0.6) is 0 Å². The molecule has 0 aliphatic heterocycles. The molecule has 1 aliphatic rings. The van der Waals surface area contributed by atoms with E-state index in [1.807, 2.05) is 36.4 Å². The summed E-state index contributed by atoms with van der Waals surface area (Å²) in [5, 5.41) is 0. The van der Waals surface area contributed by atoms with Gasteiger partial charge in [-0.25, -0.2) is 4.98 Å². The number of anilines is 1. The Hall–Kier alpha value is -2.88. The smallest absolute Gasteiger partial charge is 0.256 e. The molecule has 2 atom stereocenters. The second-order valence-corrected chi connectivity index (χ2v) is 5.92. The molecular formula is C19H17N3O. The lowest BCUT2D eigenvalue weighted by Gasteiger charge is -2.20. The molecule has 3 aromatic rings. The zero-order valence-corrected chi connectivity index (χ0v) is 12.6. The highest BCUT2D eigenvalue weighted by Crippen LogP contribution is 2.45. The third kappa shape index (κ3) is 2.32. The first kappa shape index (κ1) is 13.8. The topological polar surface area (TPSA) is 71.8 Å². The zero-order valence-electron chi connectivity index (χ0n) is 12.6. The van der Waals surface area contributed by atoms with E-state index >= 15 is 0 Å². The van der Waals surface area contributed by atoms with Gasteiger partial charge in [-0.2, -0.15) is 0 Å². The molecule has 2 aromatic carbocycles. The Kier molecular flexibility index (Phi) is 3.23. The monoisotopic (exact) mass is 303 g/mol. The molecule has 4 nitrogen and oxygen atoms in total. The molecule has 0 unspecified atom stereocenters. The van der Waals surface area contributed by atoms with Gasteiger partial charge in [-0.3, -0.25) is 9.78 Å². The Bertz CT molecular complexity index is 887. The van der Waals surface area contributed by atoms with Crippen LogP contribution in [-0.2, 0) is 6.42 Å². The summed E-state index contributed by atoms with van der Waals surface area (Å²) in [5.41, 5.74) is 9.53. The van der Waals surface area contributed by atoms with Crippen molar-refractivity contribution in [3.05, 3.63) is 93.4 Å². The second kappa shape index (κ2) is 5.39. The van der Waals surface area contributed by atoms with Crippen molar-refractivity contribution in [2.45, 2.75) is 18.3 Å². The van der Waals surface area contributed by atoms with Crippen molar-refractivity contribution in [3.63, 3.8) is 0 Å². The van der Waals surface area contributed by atoms with E-state index < -0.39 is 0 Å². The number of benzene rings is 2. The number of fused-ring (bicyclic) bond motifs is 1. The first-order valence-corrected chi connectivity index (χ1v) is 7.72. The van der Waals surface area contributed by atoms with Gasteiger partial charge in [0, 0.05) is 17.4 Å². The van der Waals surface area contributed by atoms with Gasteiger partial charge < -0.3 is 5.73 Å². The highest BCUT2D eigenvalue weighted by molar-refractivity contribution is 5.46. The predicted molar refractivity (Wildman–Crippen MR) is 90.4 cm³/mol. The van der Waals surface area contributed by atoms with E-state index in [1.165, 1.54) is 5.56 Å². The number of hydrogen-bond acceptors (Lipinski definition) is 3. The van der Waals surface area contributed by atoms with Gasteiger partial charge in [0.25, 0.3) is 5.56 Å². The number of nitrogens with two attached hydrogens (primary N) is 1. The molecule has 1 heterocycles. The summed E-state index contributed by atoms with van der Waals surface area (Å²) in [5.74, 6) is 0.392. The van der Waals surface area contributed by atoms with Gasteiger partial charge in [-0.15, -0.1) is 0 Å². The quantitative estimate of drug-likeness (QED) is 0.764. The minimum absolute atomic E-state index is 0.00505. The van der Waals surface area contributed by atoms with Gasteiger partial charge in [0.1, 0.15) is 0 Å². The highest BCUT2D eigenvalue weighted by atomic mass is 16.1. The van der Waals surface area contributed by atoms with Crippen LogP contribution in [0.3, 0.4) is 0 Å². The lowest BCUT2D eigenvalue weighted by Crippen LogP contribution is -2.20. The van der Waals surface area contributed by atoms with Crippen LogP contribution in [0.4, 0.5) is 5.95 Å². The van der Waals surface area contributed by atoms with Gasteiger partial charge in [0.15, 0.2) is 0 Å². The zero-order chi connectivity index (χ0) is 15.8. The summed E-state index contributed by atoms with van der Waals surface area (Å²) >= 11 is 0. The van der Waals surface area contributed by atoms with E-state index in [9.17, 15) is 4.79 Å². The van der Waals surface area contributed by atoms with Gasteiger partial charge in [-0.1, -0.05) is 60.7 Å². The molecule has 0 fully saturated rings. The number of rotatable bonds is 2. The summed E-state index contributed by atoms with van der Waals surface area (Å²) < 4.78 is 0. The highest BCUT2D eigenvalue weighted by Gasteiger charge is 2.37. The van der Waals surface area contributed by atoms with Crippen molar-refractivity contribution in [1.29, 1.82) is 0 Å². The summed E-state index contributed by atoms with van der Waals surface area (Å²) in [6.07, 6.45) is 0.729. The summed E-state index contributed by atoms with van der Waals surface area (Å²) in [4.78, 5) is 19.6. The van der Waals surface area contributed by atoms with Crippen LogP contribution in [0.1, 0.15) is 34.2 Å². The maximum atomic E-state index is 12.5. The molecule has 4 rings (SSSR count). The van der Waals surface area contributed by atoms with Gasteiger partial charge in [0.05, 0.1) is 5.69 Å². The van der Waals surface area contributed by atoms with Gasteiger partial charge in [-0.05, 0) is 17.5 Å². The van der Waals surface area contributed by atoms with E-state index in [-0.39, 0.29) is 23.3 Å². The van der Waals surface area contributed by atoms with Crippen LogP contribution in [0, 0.1) is 0 Å². The standard InChI is InChI=1S/C19H17N3O/c20-19-21-15-11-14(12-7-3-1-4-8-12)16(17(15)18(23)22-19)13-9-5-2-6-10-13/h1-10,14,16H,11H2,(H3,20,21,22,23)/t14-,16-/m0/s1. The molecule has 1 aliphatic carbocycles. The second-order valence-electron chi connectivity index (χ2n) is 5.92. The largest absolute Gasteiger partial charge is 0.369 e. The lowest BCUT2D eigenvalue weighted by atomic mass is 9.82. The molecule has 23 heavy (non-hydrogen) atoms. The number of nitrogens with one attached hydrogen (secondary N) is 1. The average Bonchev–Trinajstić information content (AvgIpc) is 2.96. The van der Waals surface area contributed by atoms with Crippen molar-refractivity contribution in [3.8, 4) is 0 Å². The van der Waals surface area contributed by atoms with Gasteiger partial charge in [0.2, 0.25) is 5.95 Å². The molecule has 0 radical (unpaired) electrons. The molecule has 0 amide bonds. The van der Waals surface area contributed by atoms with Crippen molar-refractivity contribution < 1.29 is 0 Å². The Balaban J connectivity index is 1.92. The third-order valence-corrected chi connectivity index (χ3v) is 4.57. The van der Waals surface area contributed by atoms with E-state index in [4.69, 9.17) is 5.73 Å². The summed E-state index contributed by atoms with van der Waals surface area (Å²) in [7, 11) is 0. The molecule has 0 saturated heterocycles. The van der Waals surface area contributed by atoms with Crippen LogP contribution >= 0.6 is 0 Å². The van der Waals surface area contributed by atoms with Crippen molar-refractivity contribution in [2.24, 2.45) is 0 Å². The molecule has 4 heteroatoms. The Morgan fingerprint density at radius 2 is 1.57 bits per heavy atom. The average molecular weight is 303 g/mol. The Morgan fingerprint density at radius 1 is 0.957 bits per heavy atom. The van der Waals surface area contributed by atoms with E-state index in [0.29, 0.717) is 0 Å². The predicted octanol–water partition coefficient (Wildman–Crippen LogP) is 2.82. The van der Waals surface area contributed by atoms with Crippen LogP contribution in [-0.4, -0.2) is 9.97 Å². The van der Waals surface area contributed by atoms with Crippen molar-refractivity contribution in [1.82, 2.24) is 9.97 Å². The summed E-state index contributed by atoms with van der Waals surface area (Å²) in [6, 6.07) is 20.5. The number of H-pyrrole nitrogens is 1. The SMILES string of the molecule is Nc1nc2c(c(=O)[nH]1)[C@@H](c1ccccc1)[C@H](c1ccccc1)C2. The molecule has 0 bridgehead atoms. The van der Waals surface area contributed by atoms with Crippen LogP contribution in [0.25, 0.3) is 0 Å². The minimum Gasteiger partial charge on any atom is -0.369 e. The van der Waals surface area contributed by atoms with E-state index in [0.717, 1.165) is 23.2 Å². The molecule has 1 aromatic heterocycles. The Morgan fingerprint density at radius 3 is 2.22 bits per heavy atom. The number of hydrogen-bond donors (Lipinski definition) is 2. The molecule has 114 valence electrons. The maximum Gasteiger partial charge on any atom is 0.256 e. The van der Waals surface area contributed by atoms with Crippen molar-refractivity contribution >= 4 is 5.95 Å². The fraction of sp³-hybridized carbons (Fsp3) is 0.158. The lowest BCUT2D eigenvalue weighted by molar-refractivity contribution is 0.652. The fourth-order valence-electron chi connectivity index (χ4n) is 3.62. The van der Waals surface area contributed by atoms with E-state index in [1.54, 1.807) is 0 Å². The summed E-state index contributed by atoms with van der Waals surface area (Å²) in [6.45, 7) is 0.